The average molecular weight is 187 g/mol. The van der Waals surface area contributed by atoms with E-state index in [-0.39, 0.29) is 25.0 Å². The zero-order valence-electron chi connectivity index (χ0n) is 7.52. The molecule has 1 heterocycles. The maximum atomic E-state index is 10.9. The number of cyclic esters (lactones) is 1. The summed E-state index contributed by atoms with van der Waals surface area (Å²) in [5, 5.41) is 8.45. The second-order valence-corrected chi connectivity index (χ2v) is 3.15. The molecule has 1 N–H and O–H groups in total. The van der Waals surface area contributed by atoms with Gasteiger partial charge in [0, 0.05) is 12.6 Å². The van der Waals surface area contributed by atoms with E-state index in [0.717, 1.165) is 0 Å². The Balaban J connectivity index is 2.37. The molecule has 0 aromatic rings. The molecule has 0 aromatic carbocycles. The molecule has 74 valence electrons. The highest BCUT2D eigenvalue weighted by molar-refractivity contribution is 5.72. The molecule has 1 aliphatic heterocycles. The molecule has 1 aliphatic rings. The van der Waals surface area contributed by atoms with Gasteiger partial charge in [-0.25, -0.2) is 0 Å². The molecular formula is C8H13NO4. The third kappa shape index (κ3) is 3.02. The van der Waals surface area contributed by atoms with Crippen molar-refractivity contribution < 1.29 is 19.4 Å². The molecule has 1 rings (SSSR count). The number of nitrogens with zero attached hydrogens (tertiary/aromatic N) is 1. The Hall–Kier alpha value is -1.10. The molecule has 1 saturated heterocycles. The normalized spacial score (nSPS) is 24.1. The van der Waals surface area contributed by atoms with Crippen LogP contribution < -0.4 is 0 Å². The molecule has 0 amide bonds. The van der Waals surface area contributed by atoms with Crippen LogP contribution in [0.15, 0.2) is 0 Å². The lowest BCUT2D eigenvalue weighted by Gasteiger charge is -2.31. The fraction of sp³-hybridized carbons (Fsp3) is 0.750. The molecule has 13 heavy (non-hydrogen) atoms. The lowest BCUT2D eigenvalue weighted by molar-refractivity contribution is -0.155. The van der Waals surface area contributed by atoms with Crippen molar-refractivity contribution in [2.45, 2.75) is 19.4 Å². The average Bonchev–Trinajstić information content (AvgIpc) is 2.06. The number of hydrogen-bond acceptors (Lipinski definition) is 4. The zero-order chi connectivity index (χ0) is 9.84. The van der Waals surface area contributed by atoms with Crippen LogP contribution >= 0.6 is 0 Å². The number of carboxylic acids is 1. The van der Waals surface area contributed by atoms with E-state index >= 15 is 0 Å². The Labute approximate surface area is 76.3 Å². The monoisotopic (exact) mass is 187 g/mol. The summed E-state index contributed by atoms with van der Waals surface area (Å²) in [6, 6.07) is 0.122. The Bertz CT molecular complexity index is 216. The van der Waals surface area contributed by atoms with E-state index < -0.39 is 5.97 Å². The molecule has 5 heteroatoms. The first kappa shape index (κ1) is 9.98. The van der Waals surface area contributed by atoms with Crippen LogP contribution in [0.3, 0.4) is 0 Å². The van der Waals surface area contributed by atoms with E-state index in [2.05, 4.69) is 0 Å². The highest BCUT2D eigenvalue weighted by Gasteiger charge is 2.24. The molecule has 0 radical (unpaired) electrons. The lowest BCUT2D eigenvalue weighted by Crippen LogP contribution is -2.46. The van der Waals surface area contributed by atoms with Crippen molar-refractivity contribution in [2.24, 2.45) is 0 Å². The van der Waals surface area contributed by atoms with Crippen LogP contribution in [0.5, 0.6) is 0 Å². The Morgan fingerprint density at radius 3 is 3.08 bits per heavy atom. The molecule has 1 atom stereocenters. The van der Waals surface area contributed by atoms with E-state index in [0.29, 0.717) is 13.2 Å². The van der Waals surface area contributed by atoms with E-state index in [1.54, 1.807) is 0 Å². The van der Waals surface area contributed by atoms with E-state index in [4.69, 9.17) is 9.84 Å². The van der Waals surface area contributed by atoms with E-state index in [1.165, 1.54) is 0 Å². The molecule has 0 saturated carbocycles. The van der Waals surface area contributed by atoms with Gasteiger partial charge in [-0.2, -0.15) is 0 Å². The number of rotatable bonds is 3. The first-order valence-corrected chi connectivity index (χ1v) is 4.21. The Kier molecular flexibility index (Phi) is 3.25. The number of carbonyl (C=O) groups excluding carboxylic acids is 1. The summed E-state index contributed by atoms with van der Waals surface area (Å²) in [4.78, 5) is 23.0. The SMILES string of the molecule is CC1COC(=O)CN1CCC(=O)O. The summed E-state index contributed by atoms with van der Waals surface area (Å²) in [7, 11) is 0. The second kappa shape index (κ2) is 4.23. The van der Waals surface area contributed by atoms with Gasteiger partial charge >= 0.3 is 11.9 Å². The standard InChI is InChI=1S/C8H13NO4/c1-6-5-13-8(12)4-9(6)3-2-7(10)11/h6H,2-5H2,1H3,(H,10,11). The van der Waals surface area contributed by atoms with Crippen molar-refractivity contribution in [3.05, 3.63) is 0 Å². The third-order valence-electron chi connectivity index (χ3n) is 2.05. The Morgan fingerprint density at radius 1 is 1.77 bits per heavy atom. The van der Waals surface area contributed by atoms with Crippen molar-refractivity contribution in [1.29, 1.82) is 0 Å². The highest BCUT2D eigenvalue weighted by Crippen LogP contribution is 2.07. The first-order valence-electron chi connectivity index (χ1n) is 4.21. The van der Waals surface area contributed by atoms with Gasteiger partial charge in [0.1, 0.15) is 6.61 Å². The summed E-state index contributed by atoms with van der Waals surface area (Å²) in [5.41, 5.74) is 0. The predicted octanol–water partition coefficient (Wildman–Crippen LogP) is -0.292. The van der Waals surface area contributed by atoms with Crippen molar-refractivity contribution in [2.75, 3.05) is 19.7 Å². The minimum absolute atomic E-state index is 0.0671. The summed E-state index contributed by atoms with van der Waals surface area (Å²) in [6.07, 6.45) is 0.0671. The number of hydrogen-bond donors (Lipinski definition) is 1. The highest BCUT2D eigenvalue weighted by atomic mass is 16.5. The fourth-order valence-electron chi connectivity index (χ4n) is 1.22. The zero-order valence-corrected chi connectivity index (χ0v) is 7.52. The maximum absolute atomic E-state index is 10.9. The largest absolute Gasteiger partial charge is 0.481 e. The summed E-state index contributed by atoms with van der Waals surface area (Å²) >= 11 is 0. The van der Waals surface area contributed by atoms with Crippen LogP contribution in [0.4, 0.5) is 0 Å². The molecular weight excluding hydrogens is 174 g/mol. The molecule has 0 aliphatic carbocycles. The molecule has 1 fully saturated rings. The number of morpholine rings is 1. The minimum Gasteiger partial charge on any atom is -0.481 e. The van der Waals surface area contributed by atoms with Crippen LogP contribution in [0.25, 0.3) is 0 Å². The van der Waals surface area contributed by atoms with Crippen LogP contribution in [0.1, 0.15) is 13.3 Å². The molecule has 0 aromatic heterocycles. The quantitative estimate of drug-likeness (QED) is 0.615. The van der Waals surface area contributed by atoms with Gasteiger partial charge in [0.2, 0.25) is 0 Å². The van der Waals surface area contributed by atoms with Crippen LogP contribution in [0.2, 0.25) is 0 Å². The van der Waals surface area contributed by atoms with Crippen LogP contribution in [-0.2, 0) is 14.3 Å². The van der Waals surface area contributed by atoms with E-state index in [9.17, 15) is 9.59 Å². The number of esters is 1. The number of carbonyl (C=O) groups is 2. The van der Waals surface area contributed by atoms with Crippen molar-refractivity contribution in [3.8, 4) is 0 Å². The first-order chi connectivity index (χ1) is 6.09. The summed E-state index contributed by atoms with van der Waals surface area (Å²) in [5.74, 6) is -1.12. The van der Waals surface area contributed by atoms with Crippen molar-refractivity contribution >= 4 is 11.9 Å². The molecule has 0 spiro atoms. The van der Waals surface area contributed by atoms with Crippen LogP contribution in [0, 0.1) is 0 Å². The maximum Gasteiger partial charge on any atom is 0.320 e. The number of ether oxygens (including phenoxy) is 1. The molecule has 5 nitrogen and oxygen atoms in total. The lowest BCUT2D eigenvalue weighted by atomic mass is 10.2. The second-order valence-electron chi connectivity index (χ2n) is 3.15. The van der Waals surface area contributed by atoms with E-state index in [1.807, 2.05) is 11.8 Å². The van der Waals surface area contributed by atoms with Gasteiger partial charge in [-0.05, 0) is 6.92 Å². The fourth-order valence-corrected chi connectivity index (χ4v) is 1.22. The van der Waals surface area contributed by atoms with Crippen molar-refractivity contribution in [1.82, 2.24) is 4.90 Å². The smallest absolute Gasteiger partial charge is 0.320 e. The van der Waals surface area contributed by atoms with Gasteiger partial charge in [-0.1, -0.05) is 0 Å². The molecule has 1 unspecified atom stereocenters. The number of carboxylic acid groups (broad SMARTS) is 1. The van der Waals surface area contributed by atoms with Gasteiger partial charge in [0.25, 0.3) is 0 Å². The van der Waals surface area contributed by atoms with Gasteiger partial charge < -0.3 is 9.84 Å². The number of aliphatic carboxylic acids is 1. The Morgan fingerprint density at radius 2 is 2.46 bits per heavy atom. The molecule has 0 bridgehead atoms. The van der Waals surface area contributed by atoms with Gasteiger partial charge in [0.05, 0.1) is 13.0 Å². The topological polar surface area (TPSA) is 66.8 Å². The summed E-state index contributed by atoms with van der Waals surface area (Å²) < 4.78 is 4.80. The third-order valence-corrected chi connectivity index (χ3v) is 2.05. The minimum atomic E-state index is -0.842. The van der Waals surface area contributed by atoms with Gasteiger partial charge in [-0.15, -0.1) is 0 Å². The van der Waals surface area contributed by atoms with Crippen LogP contribution in [-0.4, -0.2) is 47.7 Å². The van der Waals surface area contributed by atoms with Crippen molar-refractivity contribution in [3.63, 3.8) is 0 Å². The summed E-state index contributed by atoms with van der Waals surface area (Å²) in [6.45, 7) is 2.88. The van der Waals surface area contributed by atoms with Gasteiger partial charge in [-0.3, -0.25) is 14.5 Å². The van der Waals surface area contributed by atoms with Gasteiger partial charge in [0.15, 0.2) is 0 Å². The predicted molar refractivity (Wildman–Crippen MR) is 44.2 cm³/mol.